The van der Waals surface area contributed by atoms with Crippen LogP contribution in [0, 0.1) is 0 Å². The molecule has 1 aliphatic rings. The van der Waals surface area contributed by atoms with Crippen LogP contribution in [0.4, 0.5) is 0 Å². The highest BCUT2D eigenvalue weighted by Crippen LogP contribution is 2.39. The number of rotatable bonds is 3. The maximum Gasteiger partial charge on any atom is 0.0931 e. The molecule has 1 N–H and O–H groups in total. The van der Waals surface area contributed by atoms with Crippen LogP contribution in [0.1, 0.15) is 15.8 Å². The van der Waals surface area contributed by atoms with E-state index in [9.17, 15) is 0 Å². The second-order valence-electron chi connectivity index (χ2n) is 4.47. The molecule has 1 atom stereocenters. The third kappa shape index (κ3) is 3.23. The van der Waals surface area contributed by atoms with E-state index in [1.807, 2.05) is 17.4 Å². The number of nitrogens with one attached hydrogen (secondary N) is 1. The van der Waals surface area contributed by atoms with E-state index in [1.165, 1.54) is 13.5 Å². The minimum atomic E-state index is 0.343. The van der Waals surface area contributed by atoms with Gasteiger partial charge >= 0.3 is 0 Å². The van der Waals surface area contributed by atoms with Gasteiger partial charge in [0.2, 0.25) is 0 Å². The lowest BCUT2D eigenvalue weighted by molar-refractivity contribution is 0.203. The largest absolute Gasteiger partial charge is 0.314 e. The molecule has 19 heavy (non-hydrogen) atoms. The second-order valence-corrected chi connectivity index (χ2v) is 8.71. The fourth-order valence-electron chi connectivity index (χ4n) is 2.39. The predicted molar refractivity (Wildman–Crippen MR) is 87.6 cm³/mol. The van der Waals surface area contributed by atoms with Crippen molar-refractivity contribution in [2.24, 2.45) is 0 Å². The standard InChI is InChI=1S/C13H14BrClN2S2/c14-11-3-1-9(18-11)13(10-2-4-12(15)19-10)17-7-5-16-6-8-17/h1-4,13,16H,5-8H2. The summed E-state index contributed by atoms with van der Waals surface area (Å²) in [5.74, 6) is 0. The lowest BCUT2D eigenvalue weighted by Crippen LogP contribution is -2.45. The Morgan fingerprint density at radius 2 is 1.79 bits per heavy atom. The van der Waals surface area contributed by atoms with Gasteiger partial charge in [-0.3, -0.25) is 4.90 Å². The lowest BCUT2D eigenvalue weighted by atomic mass is 10.1. The van der Waals surface area contributed by atoms with Crippen molar-refractivity contribution in [1.29, 1.82) is 0 Å². The highest BCUT2D eigenvalue weighted by molar-refractivity contribution is 9.11. The molecule has 3 rings (SSSR count). The van der Waals surface area contributed by atoms with E-state index in [4.69, 9.17) is 11.6 Å². The number of halogens is 2. The maximum absolute atomic E-state index is 6.12. The number of hydrogen-bond acceptors (Lipinski definition) is 4. The Bertz CT molecular complexity index is 508. The fraction of sp³-hybridized carbons (Fsp3) is 0.385. The van der Waals surface area contributed by atoms with Crippen LogP contribution in [-0.2, 0) is 0 Å². The van der Waals surface area contributed by atoms with Crippen molar-refractivity contribution in [1.82, 2.24) is 10.2 Å². The van der Waals surface area contributed by atoms with E-state index in [0.717, 1.165) is 30.5 Å². The molecule has 1 unspecified atom stereocenters. The summed E-state index contributed by atoms with van der Waals surface area (Å²) in [4.78, 5) is 5.25. The van der Waals surface area contributed by atoms with E-state index in [-0.39, 0.29) is 0 Å². The topological polar surface area (TPSA) is 15.3 Å². The molecule has 6 heteroatoms. The van der Waals surface area contributed by atoms with Gasteiger partial charge in [0, 0.05) is 35.9 Å². The van der Waals surface area contributed by atoms with Crippen LogP contribution >= 0.6 is 50.2 Å². The Morgan fingerprint density at radius 1 is 1.11 bits per heavy atom. The van der Waals surface area contributed by atoms with Crippen LogP contribution < -0.4 is 5.32 Å². The summed E-state index contributed by atoms with van der Waals surface area (Å²) in [6.45, 7) is 4.27. The van der Waals surface area contributed by atoms with E-state index in [0.29, 0.717) is 6.04 Å². The van der Waals surface area contributed by atoms with Crippen LogP contribution in [0.3, 0.4) is 0 Å². The molecule has 0 saturated carbocycles. The normalized spacial score (nSPS) is 18.6. The zero-order chi connectivity index (χ0) is 13.2. The SMILES string of the molecule is Clc1ccc(C(c2ccc(Br)s2)N2CCNCC2)s1. The van der Waals surface area contributed by atoms with Gasteiger partial charge in [-0.05, 0) is 40.2 Å². The van der Waals surface area contributed by atoms with Crippen molar-refractivity contribution in [2.75, 3.05) is 26.2 Å². The molecule has 0 spiro atoms. The maximum atomic E-state index is 6.12. The minimum Gasteiger partial charge on any atom is -0.314 e. The lowest BCUT2D eigenvalue weighted by Gasteiger charge is -2.33. The quantitative estimate of drug-likeness (QED) is 0.861. The smallest absolute Gasteiger partial charge is 0.0931 e. The Labute approximate surface area is 134 Å². The first-order chi connectivity index (χ1) is 9.24. The van der Waals surface area contributed by atoms with Gasteiger partial charge in [-0.2, -0.15) is 0 Å². The van der Waals surface area contributed by atoms with Crippen LogP contribution in [0.25, 0.3) is 0 Å². The highest BCUT2D eigenvalue weighted by atomic mass is 79.9. The van der Waals surface area contributed by atoms with E-state index in [1.54, 1.807) is 11.3 Å². The molecule has 3 heterocycles. The second kappa shape index (κ2) is 6.24. The molecular weight excluding hydrogens is 364 g/mol. The van der Waals surface area contributed by atoms with E-state index >= 15 is 0 Å². The van der Waals surface area contributed by atoms with Crippen molar-refractivity contribution in [3.63, 3.8) is 0 Å². The van der Waals surface area contributed by atoms with Crippen molar-refractivity contribution in [3.8, 4) is 0 Å². The van der Waals surface area contributed by atoms with Crippen molar-refractivity contribution in [3.05, 3.63) is 42.1 Å². The average molecular weight is 378 g/mol. The number of thiophene rings is 2. The van der Waals surface area contributed by atoms with Crippen molar-refractivity contribution >= 4 is 50.2 Å². The summed E-state index contributed by atoms with van der Waals surface area (Å²) in [5.41, 5.74) is 0. The zero-order valence-corrected chi connectivity index (χ0v) is 14.2. The van der Waals surface area contributed by atoms with Crippen LogP contribution in [0.15, 0.2) is 28.1 Å². The van der Waals surface area contributed by atoms with Gasteiger partial charge in [-0.1, -0.05) is 11.6 Å². The summed E-state index contributed by atoms with van der Waals surface area (Å²) in [6, 6.07) is 8.85. The molecule has 0 radical (unpaired) electrons. The molecule has 102 valence electrons. The summed E-state index contributed by atoms with van der Waals surface area (Å²) < 4.78 is 2.05. The Balaban J connectivity index is 1.94. The van der Waals surface area contributed by atoms with E-state index < -0.39 is 0 Å². The molecule has 2 aromatic rings. The van der Waals surface area contributed by atoms with E-state index in [2.05, 4.69) is 44.3 Å². The molecule has 0 bridgehead atoms. The Kier molecular flexibility index (Phi) is 4.62. The number of nitrogens with zero attached hydrogens (tertiary/aromatic N) is 1. The van der Waals surface area contributed by atoms with Gasteiger partial charge in [-0.25, -0.2) is 0 Å². The van der Waals surface area contributed by atoms with Crippen LogP contribution in [-0.4, -0.2) is 31.1 Å². The van der Waals surface area contributed by atoms with Crippen LogP contribution in [0.2, 0.25) is 4.34 Å². The third-order valence-electron chi connectivity index (χ3n) is 3.24. The fourth-order valence-corrected chi connectivity index (χ4v) is 5.26. The Hall–Kier alpha value is 0.0900. The predicted octanol–water partition coefficient (Wildman–Crippen LogP) is 4.22. The zero-order valence-electron chi connectivity index (χ0n) is 10.2. The first-order valence-electron chi connectivity index (χ1n) is 6.19. The number of piperazine rings is 1. The van der Waals surface area contributed by atoms with Gasteiger partial charge < -0.3 is 5.32 Å². The molecule has 1 saturated heterocycles. The minimum absolute atomic E-state index is 0.343. The number of hydrogen-bond donors (Lipinski definition) is 1. The summed E-state index contributed by atoms with van der Waals surface area (Å²) in [6.07, 6.45) is 0. The van der Waals surface area contributed by atoms with Crippen molar-refractivity contribution in [2.45, 2.75) is 6.04 Å². The summed E-state index contributed by atoms with van der Waals surface area (Å²) >= 11 is 13.2. The highest BCUT2D eigenvalue weighted by Gasteiger charge is 2.26. The average Bonchev–Trinajstić information content (AvgIpc) is 3.01. The van der Waals surface area contributed by atoms with Gasteiger partial charge in [0.1, 0.15) is 0 Å². The van der Waals surface area contributed by atoms with Crippen molar-refractivity contribution < 1.29 is 0 Å². The molecular formula is C13H14BrClN2S2. The molecule has 0 aliphatic carbocycles. The molecule has 1 fully saturated rings. The monoisotopic (exact) mass is 376 g/mol. The first kappa shape index (κ1) is 14.0. The molecule has 0 amide bonds. The van der Waals surface area contributed by atoms with Gasteiger partial charge in [0.15, 0.2) is 0 Å². The first-order valence-corrected chi connectivity index (χ1v) is 8.99. The molecule has 0 aromatic carbocycles. The van der Waals surface area contributed by atoms with Crippen LogP contribution in [0.5, 0.6) is 0 Å². The third-order valence-corrected chi connectivity index (χ3v) is 6.20. The summed E-state index contributed by atoms with van der Waals surface area (Å²) in [7, 11) is 0. The van der Waals surface area contributed by atoms with Gasteiger partial charge in [0.25, 0.3) is 0 Å². The van der Waals surface area contributed by atoms with Gasteiger partial charge in [-0.15, -0.1) is 22.7 Å². The van der Waals surface area contributed by atoms with Gasteiger partial charge in [0.05, 0.1) is 14.2 Å². The molecule has 2 aromatic heterocycles. The molecule has 2 nitrogen and oxygen atoms in total. The Morgan fingerprint density at radius 3 is 2.37 bits per heavy atom. The molecule has 1 aliphatic heterocycles. The summed E-state index contributed by atoms with van der Waals surface area (Å²) in [5, 5.41) is 3.41.